The lowest BCUT2D eigenvalue weighted by atomic mass is 9.57. The molecule has 0 heterocycles. The molecule has 0 aliphatic heterocycles. The molecule has 0 aromatic heterocycles. The highest BCUT2D eigenvalue weighted by atomic mass is 14.9. The number of fused-ring (bicyclic) bond motifs is 10. The summed E-state index contributed by atoms with van der Waals surface area (Å²) in [6.07, 6.45) is 4.67. The second-order valence-corrected chi connectivity index (χ2v) is 11.1. The van der Waals surface area contributed by atoms with Crippen molar-refractivity contribution in [3.8, 4) is 22.3 Å². The fourth-order valence-electron chi connectivity index (χ4n) is 7.82. The van der Waals surface area contributed by atoms with Gasteiger partial charge in [-0.2, -0.15) is 0 Å². The van der Waals surface area contributed by atoms with E-state index in [0.717, 1.165) is 18.5 Å². The lowest BCUT2D eigenvalue weighted by Crippen LogP contribution is -2.39. The van der Waals surface area contributed by atoms with Crippen LogP contribution in [0.3, 0.4) is 0 Å². The monoisotopic (exact) mass is 475 g/mol. The smallest absolute Gasteiger partial charge is 0.0387 e. The van der Waals surface area contributed by atoms with Crippen molar-refractivity contribution in [3.05, 3.63) is 144 Å². The fourth-order valence-corrected chi connectivity index (χ4v) is 7.82. The van der Waals surface area contributed by atoms with E-state index in [0.29, 0.717) is 0 Å². The second kappa shape index (κ2) is 7.70. The summed E-state index contributed by atoms with van der Waals surface area (Å²) in [7, 11) is 0. The Morgan fingerprint density at radius 2 is 0.811 bits per heavy atom. The second-order valence-electron chi connectivity index (χ2n) is 11.1. The lowest BCUT2D eigenvalue weighted by Gasteiger charge is -2.45. The topological polar surface area (TPSA) is 12.0 Å². The van der Waals surface area contributed by atoms with Crippen molar-refractivity contribution in [3.63, 3.8) is 0 Å². The van der Waals surface area contributed by atoms with Crippen molar-refractivity contribution < 1.29 is 0 Å². The van der Waals surface area contributed by atoms with Crippen molar-refractivity contribution in [2.45, 2.75) is 36.5 Å². The van der Waals surface area contributed by atoms with Gasteiger partial charge < -0.3 is 5.32 Å². The van der Waals surface area contributed by atoms with Gasteiger partial charge in [-0.1, -0.05) is 97.1 Å². The van der Waals surface area contributed by atoms with E-state index < -0.39 is 0 Å². The summed E-state index contributed by atoms with van der Waals surface area (Å²) >= 11 is 0. The molecule has 1 fully saturated rings. The highest BCUT2D eigenvalue weighted by Crippen LogP contribution is 2.63. The van der Waals surface area contributed by atoms with Gasteiger partial charge in [-0.25, -0.2) is 0 Å². The van der Waals surface area contributed by atoms with Gasteiger partial charge in [0.05, 0.1) is 0 Å². The Balaban J connectivity index is 1.24. The normalized spacial score (nSPS) is 17.2. The van der Waals surface area contributed by atoms with Crippen LogP contribution in [0.2, 0.25) is 0 Å². The molecular formula is C36H29N. The van der Waals surface area contributed by atoms with E-state index in [1.807, 2.05) is 0 Å². The molecule has 178 valence electrons. The number of hydrogen-bond acceptors (Lipinski definition) is 1. The zero-order valence-electron chi connectivity index (χ0n) is 20.9. The highest BCUT2D eigenvalue weighted by molar-refractivity contribution is 5.85. The van der Waals surface area contributed by atoms with Crippen molar-refractivity contribution >= 4 is 11.4 Å². The lowest BCUT2D eigenvalue weighted by molar-refractivity contribution is 0.265. The van der Waals surface area contributed by atoms with E-state index in [4.69, 9.17) is 0 Å². The first-order chi connectivity index (χ1) is 18.3. The number of hydrogen-bond donors (Lipinski definition) is 1. The standard InChI is InChI=1S/C36H29N/c1-2-10-25(11-3-1)37-26-18-19-30-29-14-6-9-17-33(29)36(34(30)24-26)22-20-35(21-23-36)31-15-7-4-12-27(31)28-13-5-8-16-32(28)35/h1-19,24,37H,20-23H2. The van der Waals surface area contributed by atoms with Crippen LogP contribution in [0, 0.1) is 0 Å². The molecule has 1 N–H and O–H groups in total. The molecule has 1 saturated carbocycles. The maximum Gasteiger partial charge on any atom is 0.0387 e. The first-order valence-corrected chi connectivity index (χ1v) is 13.5. The van der Waals surface area contributed by atoms with Gasteiger partial charge in [-0.15, -0.1) is 0 Å². The Hall–Kier alpha value is -4.10. The molecule has 2 spiro atoms. The predicted molar refractivity (Wildman–Crippen MR) is 154 cm³/mol. The molecule has 0 atom stereocenters. The molecule has 1 nitrogen and oxygen atoms in total. The van der Waals surface area contributed by atoms with Crippen LogP contribution in [-0.2, 0) is 10.8 Å². The summed E-state index contributed by atoms with van der Waals surface area (Å²) in [6, 6.07) is 45.0. The van der Waals surface area contributed by atoms with Crippen LogP contribution < -0.4 is 5.32 Å². The number of benzene rings is 5. The fraction of sp³-hybridized carbons (Fsp3) is 0.167. The van der Waals surface area contributed by atoms with E-state index >= 15 is 0 Å². The summed E-state index contributed by atoms with van der Waals surface area (Å²) in [6.45, 7) is 0. The third kappa shape index (κ3) is 2.86. The molecule has 8 rings (SSSR count). The maximum atomic E-state index is 3.66. The minimum Gasteiger partial charge on any atom is -0.356 e. The van der Waals surface area contributed by atoms with Gasteiger partial charge in [-0.3, -0.25) is 0 Å². The van der Waals surface area contributed by atoms with Gasteiger partial charge in [0, 0.05) is 22.2 Å². The zero-order chi connectivity index (χ0) is 24.5. The molecule has 0 saturated heterocycles. The third-order valence-electron chi connectivity index (χ3n) is 9.46. The Bertz CT molecular complexity index is 1610. The van der Waals surface area contributed by atoms with Gasteiger partial charge >= 0.3 is 0 Å². The highest BCUT2D eigenvalue weighted by Gasteiger charge is 2.52. The van der Waals surface area contributed by atoms with Crippen LogP contribution in [0.4, 0.5) is 11.4 Å². The molecule has 0 bridgehead atoms. The quantitative estimate of drug-likeness (QED) is 0.268. The van der Waals surface area contributed by atoms with Gasteiger partial charge in [0.1, 0.15) is 0 Å². The minimum absolute atomic E-state index is 0.0675. The molecular weight excluding hydrogens is 446 g/mol. The van der Waals surface area contributed by atoms with E-state index in [9.17, 15) is 0 Å². The minimum atomic E-state index is 0.0675. The van der Waals surface area contributed by atoms with Crippen LogP contribution in [0.1, 0.15) is 47.9 Å². The molecule has 5 aromatic carbocycles. The van der Waals surface area contributed by atoms with Crippen molar-refractivity contribution in [2.24, 2.45) is 0 Å². The van der Waals surface area contributed by atoms with E-state index in [1.54, 1.807) is 0 Å². The van der Waals surface area contributed by atoms with Crippen LogP contribution in [-0.4, -0.2) is 0 Å². The van der Waals surface area contributed by atoms with Crippen molar-refractivity contribution in [1.29, 1.82) is 0 Å². The van der Waals surface area contributed by atoms with Crippen LogP contribution in [0.25, 0.3) is 22.3 Å². The Morgan fingerprint density at radius 1 is 0.378 bits per heavy atom. The molecule has 3 aliphatic rings. The largest absolute Gasteiger partial charge is 0.356 e. The summed E-state index contributed by atoms with van der Waals surface area (Å²) in [4.78, 5) is 0. The molecule has 3 aliphatic carbocycles. The van der Waals surface area contributed by atoms with Gasteiger partial charge in [0.2, 0.25) is 0 Å². The number of para-hydroxylation sites is 1. The first kappa shape index (κ1) is 21.0. The maximum absolute atomic E-state index is 3.66. The number of nitrogens with one attached hydrogen (secondary N) is 1. The Morgan fingerprint density at radius 3 is 1.35 bits per heavy atom. The average molecular weight is 476 g/mol. The average Bonchev–Trinajstić information content (AvgIpc) is 3.39. The first-order valence-electron chi connectivity index (χ1n) is 13.5. The number of rotatable bonds is 2. The van der Waals surface area contributed by atoms with Gasteiger partial charge in [-0.05, 0) is 94.5 Å². The van der Waals surface area contributed by atoms with E-state index in [-0.39, 0.29) is 10.8 Å². The predicted octanol–water partition coefficient (Wildman–Crippen LogP) is 9.24. The van der Waals surface area contributed by atoms with Crippen LogP contribution >= 0.6 is 0 Å². The number of anilines is 2. The molecule has 1 heteroatoms. The van der Waals surface area contributed by atoms with Gasteiger partial charge in [0.15, 0.2) is 0 Å². The summed E-state index contributed by atoms with van der Waals surface area (Å²) in [5, 5.41) is 3.66. The van der Waals surface area contributed by atoms with Gasteiger partial charge in [0.25, 0.3) is 0 Å². The molecule has 5 aromatic rings. The molecule has 0 radical (unpaired) electrons. The third-order valence-corrected chi connectivity index (χ3v) is 9.46. The SMILES string of the molecule is c1ccc(Nc2ccc3c(c2)C2(CCC4(CC2)c2ccccc2-c2ccccc24)c2ccccc2-3)cc1. The Labute approximate surface area is 218 Å². The van der Waals surface area contributed by atoms with Crippen LogP contribution in [0.15, 0.2) is 121 Å². The van der Waals surface area contributed by atoms with E-state index in [2.05, 4.69) is 127 Å². The summed E-state index contributed by atoms with van der Waals surface area (Å²) < 4.78 is 0. The zero-order valence-corrected chi connectivity index (χ0v) is 20.9. The van der Waals surface area contributed by atoms with Crippen LogP contribution in [0.5, 0.6) is 0 Å². The molecule has 0 unspecified atom stereocenters. The van der Waals surface area contributed by atoms with Crippen molar-refractivity contribution in [1.82, 2.24) is 0 Å². The summed E-state index contributed by atoms with van der Waals surface area (Å²) in [5.74, 6) is 0. The van der Waals surface area contributed by atoms with Crippen molar-refractivity contribution in [2.75, 3.05) is 5.32 Å². The summed E-state index contributed by atoms with van der Waals surface area (Å²) in [5.41, 5.74) is 14.3. The molecule has 0 amide bonds. The molecule has 37 heavy (non-hydrogen) atoms. The Kier molecular flexibility index (Phi) is 4.38. The van der Waals surface area contributed by atoms with E-state index in [1.165, 1.54) is 63.0 Å².